The quantitative estimate of drug-likeness (QED) is 0.728. The molecule has 112 valence electrons. The van der Waals surface area contributed by atoms with Gasteiger partial charge in [0, 0.05) is 12.6 Å². The highest BCUT2D eigenvalue weighted by Gasteiger charge is 2.32. The molecule has 1 heterocycles. The van der Waals surface area contributed by atoms with E-state index in [-0.39, 0.29) is 0 Å². The molecule has 0 spiro atoms. The Kier molecular flexibility index (Phi) is 5.67. The van der Waals surface area contributed by atoms with Gasteiger partial charge in [-0.15, -0.1) is 0 Å². The van der Waals surface area contributed by atoms with Gasteiger partial charge < -0.3 is 15.7 Å². The van der Waals surface area contributed by atoms with E-state index in [9.17, 15) is 5.11 Å². The zero-order valence-electron chi connectivity index (χ0n) is 12.6. The zero-order chi connectivity index (χ0) is 13.7. The maximum atomic E-state index is 9.91. The van der Waals surface area contributed by atoms with Crippen LogP contribution < -0.4 is 5.73 Å². The molecule has 3 atom stereocenters. The van der Waals surface area contributed by atoms with E-state index in [1.165, 1.54) is 58.0 Å². The average molecular weight is 268 g/mol. The predicted octanol–water partition coefficient (Wildman–Crippen LogP) is 2.52. The van der Waals surface area contributed by atoms with Crippen LogP contribution in [0.2, 0.25) is 0 Å². The molecule has 0 radical (unpaired) electrons. The monoisotopic (exact) mass is 268 g/mol. The van der Waals surface area contributed by atoms with Gasteiger partial charge in [-0.3, -0.25) is 0 Å². The number of nitrogens with zero attached hydrogens (tertiary/aromatic N) is 1. The van der Waals surface area contributed by atoms with Crippen LogP contribution in [0.3, 0.4) is 0 Å². The van der Waals surface area contributed by atoms with Crippen molar-refractivity contribution in [1.29, 1.82) is 0 Å². The van der Waals surface area contributed by atoms with Crippen molar-refractivity contribution in [2.75, 3.05) is 19.6 Å². The highest BCUT2D eigenvalue weighted by atomic mass is 16.3. The van der Waals surface area contributed by atoms with Crippen LogP contribution in [0.5, 0.6) is 0 Å². The van der Waals surface area contributed by atoms with Crippen LogP contribution in [0, 0.1) is 5.92 Å². The lowest BCUT2D eigenvalue weighted by atomic mass is 9.78. The lowest BCUT2D eigenvalue weighted by Gasteiger charge is -2.44. The molecule has 0 aromatic carbocycles. The smallest absolute Gasteiger partial charge is 0.0741 e. The van der Waals surface area contributed by atoms with Crippen molar-refractivity contribution in [3.8, 4) is 0 Å². The summed E-state index contributed by atoms with van der Waals surface area (Å²) in [4.78, 5) is 2.74. The maximum absolute atomic E-state index is 9.91. The third kappa shape index (κ3) is 4.44. The molecule has 0 aromatic heterocycles. The first-order valence-corrected chi connectivity index (χ1v) is 8.29. The number of fused-ring (bicyclic) bond motifs is 1. The van der Waals surface area contributed by atoms with E-state index in [1.807, 2.05) is 6.92 Å². The van der Waals surface area contributed by atoms with E-state index >= 15 is 0 Å². The molecule has 3 N–H and O–H groups in total. The van der Waals surface area contributed by atoms with Gasteiger partial charge in [-0.1, -0.05) is 12.8 Å². The number of aliphatic hydroxyl groups is 1. The maximum Gasteiger partial charge on any atom is 0.0741 e. The standard InChI is InChI=1S/C16H32N2O/c1-16(19,13-17)10-4-5-11-18-12-6-8-14-7-2-3-9-15(14)18/h14-15,19H,2-13,17H2,1H3/t14-,15-,16?/m1/s1. The highest BCUT2D eigenvalue weighted by molar-refractivity contribution is 4.87. The number of piperidine rings is 1. The minimum absolute atomic E-state index is 0.376. The molecule has 2 rings (SSSR count). The van der Waals surface area contributed by atoms with Gasteiger partial charge in [0.05, 0.1) is 5.60 Å². The number of nitrogens with two attached hydrogens (primary N) is 1. The lowest BCUT2D eigenvalue weighted by Crippen LogP contribution is -2.47. The van der Waals surface area contributed by atoms with E-state index in [0.717, 1.165) is 24.8 Å². The van der Waals surface area contributed by atoms with Crippen molar-refractivity contribution < 1.29 is 5.11 Å². The minimum atomic E-state index is -0.657. The SMILES string of the molecule is CC(O)(CN)CCCCN1CCC[C@H]2CCCC[C@H]21. The summed E-state index contributed by atoms with van der Waals surface area (Å²) < 4.78 is 0. The molecule has 2 aliphatic rings. The predicted molar refractivity (Wildman–Crippen MR) is 80.1 cm³/mol. The molecular formula is C16H32N2O. The Bertz CT molecular complexity index is 265. The Balaban J connectivity index is 1.70. The van der Waals surface area contributed by atoms with Crippen molar-refractivity contribution in [2.45, 2.75) is 76.4 Å². The fraction of sp³-hybridized carbons (Fsp3) is 1.00. The molecule has 0 bridgehead atoms. The molecule has 19 heavy (non-hydrogen) atoms. The molecule has 3 nitrogen and oxygen atoms in total. The molecule has 1 unspecified atom stereocenters. The van der Waals surface area contributed by atoms with Gasteiger partial charge in [0.1, 0.15) is 0 Å². The minimum Gasteiger partial charge on any atom is -0.389 e. The molecule has 1 saturated heterocycles. The highest BCUT2D eigenvalue weighted by Crippen LogP contribution is 2.35. The van der Waals surface area contributed by atoms with Crippen LogP contribution in [0.4, 0.5) is 0 Å². The van der Waals surface area contributed by atoms with Crippen LogP contribution in [0.1, 0.15) is 64.7 Å². The van der Waals surface area contributed by atoms with E-state index in [4.69, 9.17) is 5.73 Å². The number of unbranched alkanes of at least 4 members (excludes halogenated alkanes) is 1. The fourth-order valence-electron chi connectivity index (χ4n) is 3.93. The summed E-state index contributed by atoms with van der Waals surface area (Å²) in [5.41, 5.74) is 4.90. The topological polar surface area (TPSA) is 49.5 Å². The van der Waals surface area contributed by atoms with Gasteiger partial charge in [0.15, 0.2) is 0 Å². The summed E-state index contributed by atoms with van der Waals surface area (Å²) >= 11 is 0. The van der Waals surface area contributed by atoms with Crippen LogP contribution >= 0.6 is 0 Å². The van der Waals surface area contributed by atoms with Crippen LogP contribution in [-0.2, 0) is 0 Å². The van der Waals surface area contributed by atoms with Crippen molar-refractivity contribution >= 4 is 0 Å². The molecule has 1 saturated carbocycles. The summed E-state index contributed by atoms with van der Waals surface area (Å²) in [5, 5.41) is 9.91. The largest absolute Gasteiger partial charge is 0.389 e. The number of rotatable bonds is 6. The number of hydrogen-bond donors (Lipinski definition) is 2. The summed E-state index contributed by atoms with van der Waals surface area (Å²) in [6.45, 7) is 4.75. The summed E-state index contributed by atoms with van der Waals surface area (Å²) in [5.74, 6) is 0.981. The van der Waals surface area contributed by atoms with E-state index in [0.29, 0.717) is 6.54 Å². The van der Waals surface area contributed by atoms with Crippen LogP contribution in [0.15, 0.2) is 0 Å². The second kappa shape index (κ2) is 7.05. The number of hydrogen-bond acceptors (Lipinski definition) is 3. The lowest BCUT2D eigenvalue weighted by molar-refractivity contribution is 0.0457. The average Bonchev–Trinajstić information content (AvgIpc) is 2.44. The Labute approximate surface area is 118 Å². The van der Waals surface area contributed by atoms with Crippen molar-refractivity contribution in [3.05, 3.63) is 0 Å². The summed E-state index contributed by atoms with van der Waals surface area (Å²) in [6.07, 6.45) is 11.8. The van der Waals surface area contributed by atoms with Gasteiger partial charge in [0.25, 0.3) is 0 Å². The molecule has 3 heteroatoms. The normalized spacial score (nSPS) is 31.7. The van der Waals surface area contributed by atoms with E-state index in [1.54, 1.807) is 0 Å². The van der Waals surface area contributed by atoms with Crippen LogP contribution in [0.25, 0.3) is 0 Å². The first kappa shape index (κ1) is 15.3. The van der Waals surface area contributed by atoms with Gasteiger partial charge in [-0.05, 0) is 70.9 Å². The van der Waals surface area contributed by atoms with Crippen molar-refractivity contribution in [1.82, 2.24) is 4.90 Å². The first-order valence-electron chi connectivity index (χ1n) is 8.29. The summed E-state index contributed by atoms with van der Waals surface area (Å²) in [6, 6.07) is 0.873. The number of likely N-dealkylation sites (tertiary alicyclic amines) is 1. The molecule has 2 fully saturated rings. The van der Waals surface area contributed by atoms with Gasteiger partial charge >= 0.3 is 0 Å². The Morgan fingerprint density at radius 2 is 1.89 bits per heavy atom. The Morgan fingerprint density at radius 1 is 1.16 bits per heavy atom. The van der Waals surface area contributed by atoms with Gasteiger partial charge in [-0.2, -0.15) is 0 Å². The second-order valence-electron chi connectivity index (χ2n) is 6.95. The zero-order valence-corrected chi connectivity index (χ0v) is 12.6. The van der Waals surface area contributed by atoms with Crippen molar-refractivity contribution in [2.24, 2.45) is 11.7 Å². The second-order valence-corrected chi connectivity index (χ2v) is 6.95. The third-order valence-electron chi connectivity index (χ3n) is 5.21. The third-order valence-corrected chi connectivity index (χ3v) is 5.21. The fourth-order valence-corrected chi connectivity index (χ4v) is 3.93. The first-order chi connectivity index (χ1) is 9.12. The summed E-state index contributed by atoms with van der Waals surface area (Å²) in [7, 11) is 0. The Hall–Kier alpha value is -0.120. The van der Waals surface area contributed by atoms with Crippen LogP contribution in [-0.4, -0.2) is 41.3 Å². The molecular weight excluding hydrogens is 236 g/mol. The van der Waals surface area contributed by atoms with E-state index < -0.39 is 5.60 Å². The van der Waals surface area contributed by atoms with Gasteiger partial charge in [-0.25, -0.2) is 0 Å². The molecule has 0 amide bonds. The van der Waals surface area contributed by atoms with E-state index in [2.05, 4.69) is 4.90 Å². The Morgan fingerprint density at radius 3 is 2.68 bits per heavy atom. The molecule has 1 aliphatic carbocycles. The van der Waals surface area contributed by atoms with Crippen molar-refractivity contribution in [3.63, 3.8) is 0 Å². The molecule has 1 aliphatic heterocycles. The molecule has 0 aromatic rings. The van der Waals surface area contributed by atoms with Gasteiger partial charge in [0.2, 0.25) is 0 Å².